The van der Waals surface area contributed by atoms with Gasteiger partial charge in [-0.1, -0.05) is 35.6 Å². The molecule has 5 heteroatoms. The molecule has 0 aromatic heterocycles. The van der Waals surface area contributed by atoms with Gasteiger partial charge in [-0.3, -0.25) is 0 Å². The van der Waals surface area contributed by atoms with E-state index >= 15 is 0 Å². The number of methoxy groups -OCH3 is 1. The predicted octanol–water partition coefficient (Wildman–Crippen LogP) is 3.27. The van der Waals surface area contributed by atoms with Gasteiger partial charge in [0.1, 0.15) is 5.75 Å². The Morgan fingerprint density at radius 1 is 1.23 bits per heavy atom. The molecule has 4 nitrogen and oxygen atoms in total. The first-order chi connectivity index (χ1) is 10.6. The van der Waals surface area contributed by atoms with Crippen molar-refractivity contribution >= 4 is 23.3 Å². The Morgan fingerprint density at radius 2 is 1.91 bits per heavy atom. The summed E-state index contributed by atoms with van der Waals surface area (Å²) in [6.07, 6.45) is 0. The topological polar surface area (TPSA) is 58.6 Å². The van der Waals surface area contributed by atoms with E-state index in [0.29, 0.717) is 22.0 Å². The molecule has 0 unspecified atom stereocenters. The van der Waals surface area contributed by atoms with E-state index in [9.17, 15) is 9.90 Å². The van der Waals surface area contributed by atoms with E-state index in [-0.39, 0.29) is 0 Å². The lowest BCUT2D eigenvalue weighted by Crippen LogP contribution is -2.27. The second kappa shape index (κ2) is 7.39. The van der Waals surface area contributed by atoms with Gasteiger partial charge in [0.15, 0.2) is 6.04 Å². The van der Waals surface area contributed by atoms with Crippen molar-refractivity contribution in [2.24, 2.45) is 0 Å². The zero-order valence-corrected chi connectivity index (χ0v) is 12.6. The van der Waals surface area contributed by atoms with Crippen LogP contribution in [0, 0.1) is 11.8 Å². The van der Waals surface area contributed by atoms with Crippen LogP contribution in [-0.2, 0) is 4.79 Å². The summed E-state index contributed by atoms with van der Waals surface area (Å²) >= 11 is 6.00. The van der Waals surface area contributed by atoms with Crippen molar-refractivity contribution in [1.29, 1.82) is 0 Å². The van der Waals surface area contributed by atoms with Crippen molar-refractivity contribution in [3.05, 3.63) is 59.1 Å². The van der Waals surface area contributed by atoms with Gasteiger partial charge in [0.2, 0.25) is 0 Å². The lowest BCUT2D eigenvalue weighted by Gasteiger charge is -2.10. The van der Waals surface area contributed by atoms with E-state index in [2.05, 4.69) is 17.2 Å². The highest BCUT2D eigenvalue weighted by atomic mass is 35.5. The Hall–Kier alpha value is -2.64. The van der Waals surface area contributed by atoms with E-state index in [1.165, 1.54) is 0 Å². The molecule has 0 saturated carbocycles. The van der Waals surface area contributed by atoms with Gasteiger partial charge < -0.3 is 15.2 Å². The monoisotopic (exact) mass is 315 g/mol. The van der Waals surface area contributed by atoms with Crippen LogP contribution in [0.5, 0.6) is 5.75 Å². The number of benzene rings is 2. The fraction of sp³-hybridized carbons (Fsp3) is 0.118. The van der Waals surface area contributed by atoms with E-state index < -0.39 is 12.0 Å². The molecule has 0 aliphatic carbocycles. The second-order valence-corrected chi connectivity index (χ2v) is 4.80. The number of hydrogen-bond donors (Lipinski definition) is 2. The van der Waals surface area contributed by atoms with E-state index in [1.54, 1.807) is 55.6 Å². The first-order valence-electron chi connectivity index (χ1n) is 6.49. The summed E-state index contributed by atoms with van der Waals surface area (Å²) in [5.74, 6) is 5.10. The molecule has 0 aliphatic heterocycles. The molecule has 0 saturated heterocycles. The molecule has 2 rings (SSSR count). The summed E-state index contributed by atoms with van der Waals surface area (Å²) in [5, 5.41) is 12.6. The number of anilines is 1. The molecule has 22 heavy (non-hydrogen) atoms. The third-order valence-electron chi connectivity index (χ3n) is 2.87. The quantitative estimate of drug-likeness (QED) is 0.850. The molecule has 0 radical (unpaired) electrons. The molecule has 112 valence electrons. The zero-order valence-electron chi connectivity index (χ0n) is 11.8. The SMILES string of the molecule is COc1ccc(N[C@@H](C#Cc2ccccc2Cl)C(=O)O)cc1. The highest BCUT2D eigenvalue weighted by Gasteiger charge is 2.14. The number of aliphatic carboxylic acids is 1. The van der Waals surface area contributed by atoms with Crippen molar-refractivity contribution in [2.45, 2.75) is 6.04 Å². The minimum atomic E-state index is -1.06. The van der Waals surface area contributed by atoms with E-state index in [0.717, 1.165) is 0 Å². The molecular formula is C17H14ClNO3. The number of rotatable bonds is 4. The number of hydrogen-bond acceptors (Lipinski definition) is 3. The second-order valence-electron chi connectivity index (χ2n) is 4.39. The Labute approximate surface area is 133 Å². The van der Waals surface area contributed by atoms with Gasteiger partial charge in [0.25, 0.3) is 0 Å². The average molecular weight is 316 g/mol. The van der Waals surface area contributed by atoms with Crippen molar-refractivity contribution in [1.82, 2.24) is 0 Å². The summed E-state index contributed by atoms with van der Waals surface area (Å²) in [7, 11) is 1.57. The summed E-state index contributed by atoms with van der Waals surface area (Å²) in [6.45, 7) is 0. The maximum absolute atomic E-state index is 11.3. The Kier molecular flexibility index (Phi) is 5.29. The summed E-state index contributed by atoms with van der Waals surface area (Å²) in [4.78, 5) is 11.3. The van der Waals surface area contributed by atoms with Crippen LogP contribution in [0.25, 0.3) is 0 Å². The maximum Gasteiger partial charge on any atom is 0.338 e. The van der Waals surface area contributed by atoms with Crippen LogP contribution >= 0.6 is 11.6 Å². The average Bonchev–Trinajstić information content (AvgIpc) is 2.53. The van der Waals surface area contributed by atoms with E-state index in [4.69, 9.17) is 16.3 Å². The fourth-order valence-electron chi connectivity index (χ4n) is 1.73. The Morgan fingerprint density at radius 3 is 2.50 bits per heavy atom. The predicted molar refractivity (Wildman–Crippen MR) is 86.4 cm³/mol. The van der Waals surface area contributed by atoms with Gasteiger partial charge in [0.05, 0.1) is 12.1 Å². The highest BCUT2D eigenvalue weighted by molar-refractivity contribution is 6.31. The van der Waals surface area contributed by atoms with Crippen LogP contribution < -0.4 is 10.1 Å². The molecule has 0 bridgehead atoms. The van der Waals surface area contributed by atoms with Gasteiger partial charge in [0, 0.05) is 11.3 Å². The van der Waals surface area contributed by atoms with Crippen LogP contribution in [-0.4, -0.2) is 24.2 Å². The lowest BCUT2D eigenvalue weighted by molar-refractivity contribution is -0.136. The number of carboxylic acids is 1. The molecule has 1 atom stereocenters. The first-order valence-corrected chi connectivity index (χ1v) is 6.87. The maximum atomic E-state index is 11.3. The van der Waals surface area contributed by atoms with Crippen LogP contribution in [0.15, 0.2) is 48.5 Å². The molecular weight excluding hydrogens is 302 g/mol. The Balaban J connectivity index is 2.17. The van der Waals surface area contributed by atoms with E-state index in [1.807, 2.05) is 0 Å². The third-order valence-corrected chi connectivity index (χ3v) is 3.20. The Bertz CT molecular complexity index is 717. The fourth-order valence-corrected chi connectivity index (χ4v) is 1.91. The molecule has 0 aliphatic rings. The number of carbonyl (C=O) groups is 1. The molecule has 0 amide bonds. The zero-order chi connectivity index (χ0) is 15.9. The van der Waals surface area contributed by atoms with Gasteiger partial charge in [-0.15, -0.1) is 0 Å². The van der Waals surface area contributed by atoms with Gasteiger partial charge >= 0.3 is 5.97 Å². The van der Waals surface area contributed by atoms with Crippen LogP contribution in [0.4, 0.5) is 5.69 Å². The smallest absolute Gasteiger partial charge is 0.338 e. The lowest BCUT2D eigenvalue weighted by atomic mass is 10.2. The molecule has 0 heterocycles. The minimum Gasteiger partial charge on any atom is -0.497 e. The molecule has 2 N–H and O–H groups in total. The number of carboxylic acid groups (broad SMARTS) is 1. The third kappa shape index (κ3) is 4.18. The van der Waals surface area contributed by atoms with Crippen LogP contribution in [0.3, 0.4) is 0 Å². The van der Waals surface area contributed by atoms with Crippen LogP contribution in [0.1, 0.15) is 5.56 Å². The van der Waals surface area contributed by atoms with Gasteiger partial charge in [-0.2, -0.15) is 0 Å². The van der Waals surface area contributed by atoms with Gasteiger partial charge in [-0.05, 0) is 36.4 Å². The van der Waals surface area contributed by atoms with Gasteiger partial charge in [-0.25, -0.2) is 4.79 Å². The van der Waals surface area contributed by atoms with Crippen molar-refractivity contribution in [2.75, 3.05) is 12.4 Å². The normalized spacial score (nSPS) is 11.0. The standard InChI is InChI=1S/C17H14ClNO3/c1-22-14-9-7-13(8-10-14)19-16(17(20)21)11-6-12-4-2-3-5-15(12)18/h2-5,7-10,16,19H,1H3,(H,20,21)/t16-/m0/s1. The minimum absolute atomic E-state index is 0.489. The number of ether oxygens (including phenoxy) is 1. The summed E-state index contributed by atoms with van der Waals surface area (Å²) in [6, 6.07) is 12.9. The molecule has 2 aromatic carbocycles. The number of halogens is 1. The molecule has 0 spiro atoms. The highest BCUT2D eigenvalue weighted by Crippen LogP contribution is 2.16. The van der Waals surface area contributed by atoms with Crippen molar-refractivity contribution in [3.8, 4) is 17.6 Å². The van der Waals surface area contributed by atoms with Crippen LogP contribution in [0.2, 0.25) is 5.02 Å². The summed E-state index contributed by atoms with van der Waals surface area (Å²) < 4.78 is 5.05. The first kappa shape index (κ1) is 15.7. The van der Waals surface area contributed by atoms with Crippen molar-refractivity contribution in [3.63, 3.8) is 0 Å². The summed E-state index contributed by atoms with van der Waals surface area (Å²) in [5.41, 5.74) is 1.23. The molecule has 0 fully saturated rings. The van der Waals surface area contributed by atoms with Crippen molar-refractivity contribution < 1.29 is 14.6 Å². The molecule has 2 aromatic rings. The number of nitrogens with one attached hydrogen (secondary N) is 1. The largest absolute Gasteiger partial charge is 0.497 e.